The molecule has 1 amide bonds. The number of thioether (sulfide) groups is 1. The van der Waals surface area contributed by atoms with Crippen molar-refractivity contribution in [2.45, 2.75) is 26.3 Å². The van der Waals surface area contributed by atoms with Crippen molar-refractivity contribution in [2.24, 2.45) is 0 Å². The van der Waals surface area contributed by atoms with Gasteiger partial charge in [-0.05, 0) is 46.5 Å². The standard InChI is InChI=1S/C26H34N4O4S/c1-4-34-26(33)22-23(28-14-16-29(17-15-28)24(31)21-11-7-18-35-21)19-9-5-6-10-20(19)30(25(22)32)13-8-12-27(2)3/h5-6,9-11H,4,7-8,12-18H2,1-3H3. The van der Waals surface area contributed by atoms with Crippen LogP contribution in [0.2, 0.25) is 0 Å². The SMILES string of the molecule is CCOC(=O)c1c(N2CCN(C(=O)C3=CCCS3)CC2)c2ccccc2n(CCCN(C)C)c1=O. The van der Waals surface area contributed by atoms with Gasteiger partial charge in [-0.2, -0.15) is 0 Å². The first-order valence-corrected chi connectivity index (χ1v) is 13.3. The second-order valence-electron chi connectivity index (χ2n) is 9.06. The summed E-state index contributed by atoms with van der Waals surface area (Å²) in [5.74, 6) is 0.449. The van der Waals surface area contributed by atoms with E-state index in [-0.39, 0.29) is 23.6 Å². The highest BCUT2D eigenvalue weighted by molar-refractivity contribution is 8.04. The zero-order chi connectivity index (χ0) is 24.9. The van der Waals surface area contributed by atoms with Gasteiger partial charge in [-0.3, -0.25) is 9.59 Å². The van der Waals surface area contributed by atoms with Gasteiger partial charge < -0.3 is 24.0 Å². The molecule has 0 spiro atoms. The third kappa shape index (κ3) is 5.41. The molecule has 2 aliphatic rings. The van der Waals surface area contributed by atoms with E-state index in [1.54, 1.807) is 23.3 Å². The van der Waals surface area contributed by atoms with Gasteiger partial charge in [0.2, 0.25) is 0 Å². The number of piperazine rings is 1. The number of para-hydroxylation sites is 1. The summed E-state index contributed by atoms with van der Waals surface area (Å²) in [5.41, 5.74) is 1.20. The number of carbonyl (C=O) groups is 2. The number of nitrogens with zero attached hydrogens (tertiary/aromatic N) is 4. The van der Waals surface area contributed by atoms with E-state index < -0.39 is 5.97 Å². The highest BCUT2D eigenvalue weighted by atomic mass is 32.2. The van der Waals surface area contributed by atoms with Crippen molar-refractivity contribution in [1.82, 2.24) is 14.4 Å². The second-order valence-corrected chi connectivity index (χ2v) is 10.2. The Kier molecular flexibility index (Phi) is 8.18. The molecule has 35 heavy (non-hydrogen) atoms. The summed E-state index contributed by atoms with van der Waals surface area (Å²) in [6.45, 7) is 5.46. The minimum Gasteiger partial charge on any atom is -0.462 e. The largest absolute Gasteiger partial charge is 0.462 e. The number of rotatable bonds is 8. The molecule has 0 bridgehead atoms. The Balaban J connectivity index is 1.71. The minimum atomic E-state index is -0.592. The quantitative estimate of drug-likeness (QED) is 0.518. The molecular formula is C26H34N4O4S. The summed E-state index contributed by atoms with van der Waals surface area (Å²) in [6, 6.07) is 7.75. The summed E-state index contributed by atoms with van der Waals surface area (Å²) < 4.78 is 7.06. The third-order valence-corrected chi connectivity index (χ3v) is 7.50. The van der Waals surface area contributed by atoms with Crippen LogP contribution < -0.4 is 10.5 Å². The summed E-state index contributed by atoms with van der Waals surface area (Å²) in [5, 5.41) is 0.855. The maximum Gasteiger partial charge on any atom is 0.345 e. The van der Waals surface area contributed by atoms with E-state index in [1.807, 2.05) is 49.3 Å². The monoisotopic (exact) mass is 498 g/mol. The Bertz CT molecular complexity index is 1180. The highest BCUT2D eigenvalue weighted by Gasteiger charge is 2.31. The van der Waals surface area contributed by atoms with Crippen molar-refractivity contribution < 1.29 is 14.3 Å². The first-order chi connectivity index (χ1) is 16.9. The molecule has 1 aromatic carbocycles. The van der Waals surface area contributed by atoms with Gasteiger partial charge in [0.15, 0.2) is 0 Å². The molecule has 0 unspecified atom stereocenters. The number of carbonyl (C=O) groups excluding carboxylic acids is 2. The smallest absolute Gasteiger partial charge is 0.345 e. The molecular weight excluding hydrogens is 464 g/mol. The van der Waals surface area contributed by atoms with Gasteiger partial charge in [-0.25, -0.2) is 4.79 Å². The molecule has 3 heterocycles. The average Bonchev–Trinajstić information content (AvgIpc) is 3.39. The minimum absolute atomic E-state index is 0.0823. The molecule has 0 atom stereocenters. The lowest BCUT2D eigenvalue weighted by Gasteiger charge is -2.37. The molecule has 8 nitrogen and oxygen atoms in total. The van der Waals surface area contributed by atoms with E-state index in [0.29, 0.717) is 38.4 Å². The Morgan fingerprint density at radius 1 is 1.11 bits per heavy atom. The second kappa shape index (κ2) is 11.3. The fourth-order valence-corrected chi connectivity index (χ4v) is 5.67. The maximum absolute atomic E-state index is 13.7. The Morgan fingerprint density at radius 2 is 1.86 bits per heavy atom. The normalized spacial score (nSPS) is 16.2. The molecule has 2 aromatic rings. The fourth-order valence-electron chi connectivity index (χ4n) is 4.73. The zero-order valence-electron chi connectivity index (χ0n) is 20.8. The van der Waals surface area contributed by atoms with Crippen LogP contribution in [0.5, 0.6) is 0 Å². The van der Waals surface area contributed by atoms with Gasteiger partial charge in [-0.1, -0.05) is 24.3 Å². The van der Waals surface area contributed by atoms with Crippen LogP contribution in [-0.2, 0) is 16.1 Å². The van der Waals surface area contributed by atoms with E-state index in [1.165, 1.54) is 0 Å². The highest BCUT2D eigenvalue weighted by Crippen LogP contribution is 2.32. The lowest BCUT2D eigenvalue weighted by molar-refractivity contribution is -0.126. The number of hydrogen-bond donors (Lipinski definition) is 0. The van der Waals surface area contributed by atoms with Gasteiger partial charge in [0, 0.05) is 43.9 Å². The van der Waals surface area contributed by atoms with Crippen molar-refractivity contribution in [3.63, 3.8) is 0 Å². The van der Waals surface area contributed by atoms with Gasteiger partial charge >= 0.3 is 5.97 Å². The topological polar surface area (TPSA) is 75.1 Å². The molecule has 2 aliphatic heterocycles. The molecule has 0 aliphatic carbocycles. The number of aryl methyl sites for hydroxylation is 1. The number of pyridine rings is 1. The van der Waals surface area contributed by atoms with Crippen molar-refractivity contribution >= 4 is 40.2 Å². The predicted molar refractivity (Wildman–Crippen MR) is 141 cm³/mol. The van der Waals surface area contributed by atoms with Crippen LogP contribution in [-0.4, -0.2) is 85.4 Å². The number of ether oxygens (including phenoxy) is 1. The number of fused-ring (bicyclic) bond motifs is 1. The van der Waals surface area contributed by atoms with E-state index in [2.05, 4.69) is 9.80 Å². The Labute approximate surface area is 210 Å². The van der Waals surface area contributed by atoms with Crippen molar-refractivity contribution in [2.75, 3.05) is 64.1 Å². The molecule has 1 fully saturated rings. The lowest BCUT2D eigenvalue weighted by Crippen LogP contribution is -2.50. The van der Waals surface area contributed by atoms with Crippen LogP contribution in [0.25, 0.3) is 10.9 Å². The van der Waals surface area contributed by atoms with Gasteiger partial charge in [0.1, 0.15) is 5.56 Å². The summed E-state index contributed by atoms with van der Waals surface area (Å²) in [4.78, 5) is 46.5. The zero-order valence-corrected chi connectivity index (χ0v) is 21.6. The number of hydrogen-bond acceptors (Lipinski definition) is 7. The molecule has 0 radical (unpaired) electrons. The van der Waals surface area contributed by atoms with E-state index in [9.17, 15) is 14.4 Å². The maximum atomic E-state index is 13.7. The van der Waals surface area contributed by atoms with Crippen LogP contribution in [0.15, 0.2) is 40.0 Å². The predicted octanol–water partition coefficient (Wildman–Crippen LogP) is 2.80. The molecule has 0 N–H and O–H groups in total. The van der Waals surface area contributed by atoms with E-state index >= 15 is 0 Å². The van der Waals surface area contributed by atoms with Crippen molar-refractivity contribution in [1.29, 1.82) is 0 Å². The van der Waals surface area contributed by atoms with Crippen LogP contribution >= 0.6 is 11.8 Å². The molecule has 9 heteroatoms. The summed E-state index contributed by atoms with van der Waals surface area (Å²) in [6.07, 6.45) is 3.74. The Hall–Kier alpha value is -2.78. The van der Waals surface area contributed by atoms with Crippen LogP contribution in [0.4, 0.5) is 5.69 Å². The van der Waals surface area contributed by atoms with E-state index in [4.69, 9.17) is 4.74 Å². The van der Waals surface area contributed by atoms with Gasteiger partial charge in [-0.15, -0.1) is 11.8 Å². The number of anilines is 1. The number of amides is 1. The van der Waals surface area contributed by atoms with Crippen molar-refractivity contribution in [3.05, 3.63) is 51.2 Å². The first-order valence-electron chi connectivity index (χ1n) is 12.3. The summed E-state index contributed by atoms with van der Waals surface area (Å²) in [7, 11) is 4.00. The van der Waals surface area contributed by atoms with Crippen LogP contribution in [0, 0.1) is 0 Å². The number of allylic oxidation sites excluding steroid dienone is 1. The lowest BCUT2D eigenvalue weighted by atomic mass is 10.1. The number of benzene rings is 1. The summed E-state index contributed by atoms with van der Waals surface area (Å²) >= 11 is 1.61. The van der Waals surface area contributed by atoms with Gasteiger partial charge in [0.25, 0.3) is 11.5 Å². The van der Waals surface area contributed by atoms with E-state index in [0.717, 1.165) is 40.9 Å². The molecule has 0 saturated carbocycles. The molecule has 1 aromatic heterocycles. The molecule has 1 saturated heterocycles. The van der Waals surface area contributed by atoms with Crippen molar-refractivity contribution in [3.8, 4) is 0 Å². The fraction of sp³-hybridized carbons (Fsp3) is 0.500. The average molecular weight is 499 g/mol. The molecule has 188 valence electrons. The number of esters is 1. The third-order valence-electron chi connectivity index (χ3n) is 6.41. The first kappa shape index (κ1) is 25.3. The number of aromatic nitrogens is 1. The van der Waals surface area contributed by atoms with Gasteiger partial charge in [0.05, 0.1) is 22.7 Å². The van der Waals surface area contributed by atoms with Crippen LogP contribution in [0.3, 0.4) is 0 Å². The Morgan fingerprint density at radius 3 is 2.51 bits per heavy atom. The molecule has 4 rings (SSSR count). The van der Waals surface area contributed by atoms with Crippen LogP contribution in [0.1, 0.15) is 30.1 Å².